The van der Waals surface area contributed by atoms with Crippen molar-refractivity contribution >= 4 is 23.0 Å². The molecule has 0 spiro atoms. The van der Waals surface area contributed by atoms with Crippen LogP contribution in [-0.4, -0.2) is 17.7 Å². The lowest BCUT2D eigenvalue weighted by atomic mass is 9.97. The molecule has 0 saturated heterocycles. The monoisotopic (exact) mass is 328 g/mol. The number of hydrogen-bond donors (Lipinski definition) is 1. The molecule has 2 nitrogen and oxygen atoms in total. The Hall–Kier alpha value is -1.94. The van der Waals surface area contributed by atoms with Crippen molar-refractivity contribution in [3.63, 3.8) is 0 Å². The van der Waals surface area contributed by atoms with Crippen LogP contribution in [0.5, 0.6) is 0 Å². The number of nitrogens with one attached hydrogen (secondary N) is 1. The second kappa shape index (κ2) is 7.09. The van der Waals surface area contributed by atoms with E-state index in [0.29, 0.717) is 6.04 Å². The second-order valence-electron chi connectivity index (χ2n) is 6.00. The first-order valence-electron chi connectivity index (χ1n) is 8.04. The molecule has 0 saturated carbocycles. The van der Waals surface area contributed by atoms with Crippen LogP contribution < -0.4 is 10.2 Å². The summed E-state index contributed by atoms with van der Waals surface area (Å²) in [4.78, 5) is 2.12. The number of nitrogens with zero attached hydrogens (tertiary/aromatic N) is 1. The largest absolute Gasteiger partial charge is 0.362 e. The Balaban J connectivity index is 1.67. The van der Waals surface area contributed by atoms with Gasteiger partial charge in [-0.05, 0) is 67.7 Å². The summed E-state index contributed by atoms with van der Waals surface area (Å²) in [6, 6.07) is 15.6. The van der Waals surface area contributed by atoms with E-state index >= 15 is 0 Å². The standard InChI is InChI=1S/C19H21FN2S/c1-14-7-8-16-13-17(20)9-10-18(16)22(14)19(23)21-12-11-15-5-3-2-4-6-15/h2-6,9-10,13-14H,7-8,11-12H2,1H3,(H,21,23). The first kappa shape index (κ1) is 15.9. The Morgan fingerprint density at radius 2 is 2.04 bits per heavy atom. The van der Waals surface area contributed by atoms with E-state index in [1.54, 1.807) is 6.07 Å². The SMILES string of the molecule is CC1CCc2cc(F)ccc2N1C(=S)NCCc1ccccc1. The van der Waals surface area contributed by atoms with E-state index in [2.05, 4.69) is 29.3 Å². The van der Waals surface area contributed by atoms with E-state index in [0.717, 1.165) is 42.2 Å². The maximum absolute atomic E-state index is 13.4. The highest BCUT2D eigenvalue weighted by Gasteiger charge is 2.26. The van der Waals surface area contributed by atoms with Gasteiger partial charge in [-0.2, -0.15) is 0 Å². The van der Waals surface area contributed by atoms with E-state index in [1.165, 1.54) is 11.6 Å². The molecule has 0 aliphatic carbocycles. The molecule has 1 aliphatic rings. The molecule has 1 aliphatic heterocycles. The van der Waals surface area contributed by atoms with E-state index in [-0.39, 0.29) is 5.82 Å². The van der Waals surface area contributed by atoms with Crippen LogP contribution in [0.25, 0.3) is 0 Å². The maximum atomic E-state index is 13.4. The number of rotatable bonds is 3. The van der Waals surface area contributed by atoms with Gasteiger partial charge in [-0.25, -0.2) is 4.39 Å². The van der Waals surface area contributed by atoms with Crippen LogP contribution >= 0.6 is 12.2 Å². The molecule has 2 aromatic rings. The summed E-state index contributed by atoms with van der Waals surface area (Å²) in [5, 5.41) is 4.07. The average molecular weight is 328 g/mol. The van der Waals surface area contributed by atoms with Gasteiger partial charge in [0.05, 0.1) is 0 Å². The lowest BCUT2D eigenvalue weighted by Gasteiger charge is -2.37. The van der Waals surface area contributed by atoms with Gasteiger partial charge < -0.3 is 10.2 Å². The fourth-order valence-corrected chi connectivity index (χ4v) is 3.45. The van der Waals surface area contributed by atoms with Gasteiger partial charge in [0.25, 0.3) is 0 Å². The minimum Gasteiger partial charge on any atom is -0.362 e. The van der Waals surface area contributed by atoms with Gasteiger partial charge in [-0.1, -0.05) is 30.3 Å². The highest BCUT2D eigenvalue weighted by Crippen LogP contribution is 2.31. The first-order valence-corrected chi connectivity index (χ1v) is 8.45. The summed E-state index contributed by atoms with van der Waals surface area (Å²) >= 11 is 5.60. The molecule has 0 fully saturated rings. The minimum absolute atomic E-state index is 0.179. The Kier molecular flexibility index (Phi) is 4.91. The average Bonchev–Trinajstić information content (AvgIpc) is 2.56. The molecule has 2 aromatic carbocycles. The fraction of sp³-hybridized carbons (Fsp3) is 0.316. The predicted molar refractivity (Wildman–Crippen MR) is 97.4 cm³/mol. The van der Waals surface area contributed by atoms with Gasteiger partial charge in [0.15, 0.2) is 5.11 Å². The van der Waals surface area contributed by atoms with E-state index in [9.17, 15) is 4.39 Å². The lowest BCUT2D eigenvalue weighted by Crippen LogP contribution is -2.48. The zero-order valence-corrected chi connectivity index (χ0v) is 14.1. The quantitative estimate of drug-likeness (QED) is 0.855. The van der Waals surface area contributed by atoms with Gasteiger partial charge in [0.1, 0.15) is 5.82 Å². The van der Waals surface area contributed by atoms with Gasteiger partial charge in [0.2, 0.25) is 0 Å². The molecule has 4 heteroatoms. The van der Waals surface area contributed by atoms with Crippen LogP contribution in [0.15, 0.2) is 48.5 Å². The molecule has 0 bridgehead atoms. The van der Waals surface area contributed by atoms with E-state index in [4.69, 9.17) is 12.2 Å². The molecular formula is C19H21FN2S. The first-order chi connectivity index (χ1) is 11.1. The highest BCUT2D eigenvalue weighted by atomic mass is 32.1. The third kappa shape index (κ3) is 3.70. The maximum Gasteiger partial charge on any atom is 0.173 e. The third-order valence-corrected chi connectivity index (χ3v) is 4.67. The van der Waals surface area contributed by atoms with Gasteiger partial charge in [0, 0.05) is 18.3 Å². The zero-order valence-electron chi connectivity index (χ0n) is 13.3. The second-order valence-corrected chi connectivity index (χ2v) is 6.38. The van der Waals surface area contributed by atoms with Crippen molar-refractivity contribution in [3.8, 4) is 0 Å². The van der Waals surface area contributed by atoms with Crippen LogP contribution in [0.4, 0.5) is 10.1 Å². The Morgan fingerprint density at radius 3 is 2.83 bits per heavy atom. The highest BCUT2D eigenvalue weighted by molar-refractivity contribution is 7.80. The number of halogens is 1. The lowest BCUT2D eigenvalue weighted by molar-refractivity contribution is 0.600. The third-order valence-electron chi connectivity index (χ3n) is 4.32. The van der Waals surface area contributed by atoms with Crippen LogP contribution in [0.1, 0.15) is 24.5 Å². The zero-order chi connectivity index (χ0) is 16.2. The minimum atomic E-state index is -0.179. The number of fused-ring (bicyclic) bond motifs is 1. The molecule has 0 amide bonds. The van der Waals surface area contributed by atoms with Crippen molar-refractivity contribution in [1.29, 1.82) is 0 Å². The molecule has 0 radical (unpaired) electrons. The normalized spacial score (nSPS) is 16.8. The van der Waals surface area contributed by atoms with Crippen LogP contribution in [-0.2, 0) is 12.8 Å². The number of benzene rings is 2. The molecule has 1 N–H and O–H groups in total. The summed E-state index contributed by atoms with van der Waals surface area (Å²) < 4.78 is 13.4. The van der Waals surface area contributed by atoms with Crippen LogP contribution in [0.3, 0.4) is 0 Å². The van der Waals surface area contributed by atoms with Crippen molar-refractivity contribution in [2.45, 2.75) is 32.2 Å². The molecule has 1 unspecified atom stereocenters. The number of thiocarbonyl (C=S) groups is 1. The summed E-state index contributed by atoms with van der Waals surface area (Å²) in [7, 11) is 0. The van der Waals surface area contributed by atoms with Gasteiger partial charge >= 0.3 is 0 Å². The molecule has 120 valence electrons. The summed E-state index contributed by atoms with van der Waals surface area (Å²) in [6.07, 6.45) is 2.81. The number of aryl methyl sites for hydroxylation is 1. The van der Waals surface area contributed by atoms with Crippen LogP contribution in [0.2, 0.25) is 0 Å². The fourth-order valence-electron chi connectivity index (χ4n) is 3.07. The van der Waals surface area contributed by atoms with Crippen molar-refractivity contribution in [3.05, 3.63) is 65.5 Å². The van der Waals surface area contributed by atoms with Gasteiger partial charge in [-0.3, -0.25) is 0 Å². The van der Waals surface area contributed by atoms with E-state index < -0.39 is 0 Å². The number of anilines is 1. The van der Waals surface area contributed by atoms with Crippen molar-refractivity contribution in [1.82, 2.24) is 5.32 Å². The van der Waals surface area contributed by atoms with Crippen molar-refractivity contribution in [2.24, 2.45) is 0 Å². The predicted octanol–water partition coefficient (Wildman–Crippen LogP) is 4.08. The summed E-state index contributed by atoms with van der Waals surface area (Å²) in [6.45, 7) is 2.96. The topological polar surface area (TPSA) is 15.3 Å². The molecule has 3 rings (SSSR count). The smallest absolute Gasteiger partial charge is 0.173 e. The molecule has 1 atom stereocenters. The van der Waals surface area contributed by atoms with E-state index in [1.807, 2.05) is 24.3 Å². The number of hydrogen-bond acceptors (Lipinski definition) is 1. The summed E-state index contributed by atoms with van der Waals surface area (Å²) in [5.41, 5.74) is 3.36. The van der Waals surface area contributed by atoms with Crippen molar-refractivity contribution in [2.75, 3.05) is 11.4 Å². The van der Waals surface area contributed by atoms with Crippen LogP contribution in [0, 0.1) is 5.82 Å². The Bertz CT molecular complexity index is 687. The Labute approximate surface area is 142 Å². The molecule has 0 aromatic heterocycles. The van der Waals surface area contributed by atoms with Crippen molar-refractivity contribution < 1.29 is 4.39 Å². The molecule has 1 heterocycles. The molecular weight excluding hydrogens is 307 g/mol. The Morgan fingerprint density at radius 1 is 1.26 bits per heavy atom. The molecule has 23 heavy (non-hydrogen) atoms. The summed E-state index contributed by atoms with van der Waals surface area (Å²) in [5.74, 6) is -0.179. The van der Waals surface area contributed by atoms with Gasteiger partial charge in [-0.15, -0.1) is 0 Å².